The molecule has 1 N–H and O–H groups in total. The van der Waals surface area contributed by atoms with Crippen molar-refractivity contribution in [1.29, 1.82) is 0 Å². The lowest BCUT2D eigenvalue weighted by Gasteiger charge is -2.29. The molecule has 1 saturated heterocycles. The number of carboxylic acid groups (broad SMARTS) is 1. The van der Waals surface area contributed by atoms with Crippen molar-refractivity contribution in [3.63, 3.8) is 0 Å². The minimum Gasteiger partial charge on any atom is -0.478 e. The molecule has 3 heterocycles. The summed E-state index contributed by atoms with van der Waals surface area (Å²) in [6.45, 7) is 4.16. The first-order valence-corrected chi connectivity index (χ1v) is 7.94. The van der Waals surface area contributed by atoms with E-state index in [9.17, 15) is 9.90 Å². The average molecular weight is 314 g/mol. The first-order valence-electron chi connectivity index (χ1n) is 7.94. The van der Waals surface area contributed by atoms with E-state index in [1.807, 2.05) is 6.92 Å². The number of hydrogen-bond acceptors (Lipinski definition) is 4. The fourth-order valence-corrected chi connectivity index (χ4v) is 3.12. The molecule has 122 valence electrons. The Kier molecular flexibility index (Phi) is 4.43. The van der Waals surface area contributed by atoms with Crippen LogP contribution in [-0.4, -0.2) is 50.9 Å². The SMILES string of the molecule is Cc1nn(C2CCN(C)CC2)cc1Cc1cnccc1C(=O)O. The number of aromatic nitrogens is 3. The van der Waals surface area contributed by atoms with Crippen LogP contribution in [-0.2, 0) is 6.42 Å². The molecule has 0 radical (unpaired) electrons. The molecule has 1 aliphatic heterocycles. The molecule has 0 spiro atoms. The van der Waals surface area contributed by atoms with E-state index in [1.165, 1.54) is 6.20 Å². The van der Waals surface area contributed by atoms with E-state index >= 15 is 0 Å². The lowest BCUT2D eigenvalue weighted by molar-refractivity contribution is 0.0695. The smallest absolute Gasteiger partial charge is 0.336 e. The summed E-state index contributed by atoms with van der Waals surface area (Å²) in [7, 11) is 2.14. The van der Waals surface area contributed by atoms with Crippen molar-refractivity contribution in [2.75, 3.05) is 20.1 Å². The fraction of sp³-hybridized carbons (Fsp3) is 0.471. The minimum absolute atomic E-state index is 0.312. The Labute approximate surface area is 135 Å². The van der Waals surface area contributed by atoms with E-state index in [2.05, 4.69) is 32.9 Å². The van der Waals surface area contributed by atoms with Gasteiger partial charge in [0.1, 0.15) is 0 Å². The summed E-state index contributed by atoms with van der Waals surface area (Å²) in [6, 6.07) is 1.99. The Morgan fingerprint density at radius 1 is 1.35 bits per heavy atom. The van der Waals surface area contributed by atoms with Gasteiger partial charge in [0.05, 0.1) is 17.3 Å². The third-order valence-corrected chi connectivity index (χ3v) is 4.60. The van der Waals surface area contributed by atoms with Crippen LogP contribution in [0, 0.1) is 6.92 Å². The Hall–Kier alpha value is -2.21. The van der Waals surface area contributed by atoms with E-state index < -0.39 is 5.97 Å². The van der Waals surface area contributed by atoms with Gasteiger partial charge in [-0.15, -0.1) is 0 Å². The topological polar surface area (TPSA) is 71.2 Å². The maximum Gasteiger partial charge on any atom is 0.336 e. The van der Waals surface area contributed by atoms with Gasteiger partial charge in [-0.2, -0.15) is 5.10 Å². The van der Waals surface area contributed by atoms with Crippen molar-refractivity contribution in [2.45, 2.75) is 32.2 Å². The van der Waals surface area contributed by atoms with Crippen molar-refractivity contribution >= 4 is 5.97 Å². The van der Waals surface area contributed by atoms with E-state index in [0.29, 0.717) is 18.0 Å². The van der Waals surface area contributed by atoms with Crippen LogP contribution in [0.4, 0.5) is 0 Å². The number of hydrogen-bond donors (Lipinski definition) is 1. The highest BCUT2D eigenvalue weighted by Crippen LogP contribution is 2.23. The third-order valence-electron chi connectivity index (χ3n) is 4.60. The molecular weight excluding hydrogens is 292 g/mol. The molecule has 0 bridgehead atoms. The second kappa shape index (κ2) is 6.50. The second-order valence-electron chi connectivity index (χ2n) is 6.27. The van der Waals surface area contributed by atoms with Crippen molar-refractivity contribution in [3.05, 3.63) is 47.0 Å². The molecule has 1 aliphatic rings. The molecule has 2 aromatic rings. The van der Waals surface area contributed by atoms with Gasteiger partial charge in [0.25, 0.3) is 0 Å². The van der Waals surface area contributed by atoms with Crippen LogP contribution in [0.3, 0.4) is 0 Å². The predicted octanol–water partition coefficient (Wildman–Crippen LogP) is 2.14. The second-order valence-corrected chi connectivity index (χ2v) is 6.27. The number of piperidine rings is 1. The highest BCUT2D eigenvalue weighted by atomic mass is 16.4. The molecule has 0 amide bonds. The Balaban J connectivity index is 1.81. The highest BCUT2D eigenvalue weighted by molar-refractivity contribution is 5.89. The maximum atomic E-state index is 11.3. The average Bonchev–Trinajstić information content (AvgIpc) is 2.89. The monoisotopic (exact) mass is 314 g/mol. The molecule has 23 heavy (non-hydrogen) atoms. The van der Waals surface area contributed by atoms with Gasteiger partial charge in [-0.05, 0) is 57.1 Å². The van der Waals surface area contributed by atoms with Gasteiger partial charge in [0, 0.05) is 25.0 Å². The van der Waals surface area contributed by atoms with Crippen LogP contribution in [0.5, 0.6) is 0 Å². The van der Waals surface area contributed by atoms with Crippen LogP contribution < -0.4 is 0 Å². The first-order chi connectivity index (χ1) is 11.0. The van der Waals surface area contributed by atoms with Gasteiger partial charge in [0.15, 0.2) is 0 Å². The molecule has 2 aromatic heterocycles. The zero-order chi connectivity index (χ0) is 16.4. The number of carbonyl (C=O) groups is 1. The highest BCUT2D eigenvalue weighted by Gasteiger charge is 2.20. The summed E-state index contributed by atoms with van der Waals surface area (Å²) in [5, 5.41) is 14.0. The van der Waals surface area contributed by atoms with E-state index in [0.717, 1.165) is 42.8 Å². The van der Waals surface area contributed by atoms with Crippen molar-refractivity contribution in [3.8, 4) is 0 Å². The van der Waals surface area contributed by atoms with Gasteiger partial charge in [-0.25, -0.2) is 4.79 Å². The number of nitrogens with zero attached hydrogens (tertiary/aromatic N) is 4. The first kappa shape index (κ1) is 15.7. The molecule has 0 atom stereocenters. The summed E-state index contributed by atoms with van der Waals surface area (Å²) in [5.41, 5.74) is 3.07. The number of carboxylic acids is 1. The molecule has 1 fully saturated rings. The molecule has 0 aromatic carbocycles. The van der Waals surface area contributed by atoms with Crippen molar-refractivity contribution < 1.29 is 9.90 Å². The summed E-state index contributed by atoms with van der Waals surface area (Å²) < 4.78 is 2.06. The van der Waals surface area contributed by atoms with Crippen LogP contribution in [0.25, 0.3) is 0 Å². The zero-order valence-electron chi connectivity index (χ0n) is 13.6. The quantitative estimate of drug-likeness (QED) is 0.936. The van der Waals surface area contributed by atoms with Crippen LogP contribution >= 0.6 is 0 Å². The standard InChI is InChI=1S/C17H22N4O2/c1-12-14(9-13-10-18-6-3-16(13)17(22)23)11-21(19-12)15-4-7-20(2)8-5-15/h3,6,10-11,15H,4-5,7-9H2,1-2H3,(H,22,23). The lowest BCUT2D eigenvalue weighted by Crippen LogP contribution is -2.31. The van der Waals surface area contributed by atoms with Crippen LogP contribution in [0.2, 0.25) is 0 Å². The van der Waals surface area contributed by atoms with Gasteiger partial charge in [-0.3, -0.25) is 9.67 Å². The molecular formula is C17H22N4O2. The molecule has 0 aliphatic carbocycles. The summed E-state index contributed by atoms with van der Waals surface area (Å²) in [4.78, 5) is 17.7. The summed E-state index contributed by atoms with van der Waals surface area (Å²) in [6.07, 6.45) is 7.98. The normalized spacial score (nSPS) is 16.6. The van der Waals surface area contributed by atoms with E-state index in [1.54, 1.807) is 12.3 Å². The zero-order valence-corrected chi connectivity index (χ0v) is 13.6. The summed E-state index contributed by atoms with van der Waals surface area (Å²) in [5.74, 6) is -0.914. The number of likely N-dealkylation sites (tertiary alicyclic amines) is 1. The number of pyridine rings is 1. The predicted molar refractivity (Wildman–Crippen MR) is 86.7 cm³/mol. The molecule has 6 heteroatoms. The molecule has 0 unspecified atom stereocenters. The van der Waals surface area contributed by atoms with Crippen LogP contribution in [0.1, 0.15) is 46.1 Å². The number of aromatic carboxylic acids is 1. The van der Waals surface area contributed by atoms with Gasteiger partial charge < -0.3 is 10.0 Å². The van der Waals surface area contributed by atoms with Crippen LogP contribution in [0.15, 0.2) is 24.7 Å². The summed E-state index contributed by atoms with van der Waals surface area (Å²) >= 11 is 0. The lowest BCUT2D eigenvalue weighted by atomic mass is 10.0. The molecule has 0 saturated carbocycles. The third kappa shape index (κ3) is 3.42. The number of rotatable bonds is 4. The maximum absolute atomic E-state index is 11.3. The van der Waals surface area contributed by atoms with Crippen molar-refractivity contribution in [2.24, 2.45) is 0 Å². The van der Waals surface area contributed by atoms with Gasteiger partial charge in [0.2, 0.25) is 0 Å². The van der Waals surface area contributed by atoms with Gasteiger partial charge >= 0.3 is 5.97 Å². The minimum atomic E-state index is -0.914. The Morgan fingerprint density at radius 2 is 2.09 bits per heavy atom. The van der Waals surface area contributed by atoms with Gasteiger partial charge in [-0.1, -0.05) is 0 Å². The molecule has 3 rings (SSSR count). The van der Waals surface area contributed by atoms with E-state index in [4.69, 9.17) is 0 Å². The Morgan fingerprint density at radius 3 is 2.78 bits per heavy atom. The largest absolute Gasteiger partial charge is 0.478 e. The Bertz CT molecular complexity index is 702. The van der Waals surface area contributed by atoms with Crippen molar-refractivity contribution in [1.82, 2.24) is 19.7 Å². The fourth-order valence-electron chi connectivity index (χ4n) is 3.12. The molecule has 6 nitrogen and oxygen atoms in total. The van der Waals surface area contributed by atoms with E-state index in [-0.39, 0.29) is 0 Å². The number of aryl methyl sites for hydroxylation is 1.